The molecule has 1 N–H and O–H groups in total. The van der Waals surface area contributed by atoms with Gasteiger partial charge in [-0.15, -0.1) is 0 Å². The second-order valence-electron chi connectivity index (χ2n) is 5.58. The Bertz CT molecular complexity index is 584. The first-order valence-corrected chi connectivity index (χ1v) is 7.43. The maximum absolute atomic E-state index is 6.34. The van der Waals surface area contributed by atoms with Crippen molar-refractivity contribution in [3.05, 3.63) is 29.0 Å². The van der Waals surface area contributed by atoms with Crippen molar-refractivity contribution in [3.8, 4) is 0 Å². The van der Waals surface area contributed by atoms with E-state index in [4.69, 9.17) is 16.6 Å². The Hall–Kier alpha value is -1.06. The number of hydrogen-bond acceptors (Lipinski definition) is 2. The van der Waals surface area contributed by atoms with Crippen LogP contribution in [0.3, 0.4) is 0 Å². The van der Waals surface area contributed by atoms with Crippen LogP contribution in [0.1, 0.15) is 38.6 Å². The highest BCUT2D eigenvalue weighted by molar-refractivity contribution is 6.35. The average molecular weight is 278 g/mol. The minimum atomic E-state index is 0.376. The summed E-state index contributed by atoms with van der Waals surface area (Å²) < 4.78 is 2.27. The van der Waals surface area contributed by atoms with Gasteiger partial charge in [-0.1, -0.05) is 17.7 Å². The largest absolute Gasteiger partial charge is 0.324 e. The molecule has 0 spiro atoms. The van der Waals surface area contributed by atoms with E-state index in [1.807, 2.05) is 18.2 Å². The van der Waals surface area contributed by atoms with Crippen molar-refractivity contribution in [3.63, 3.8) is 0 Å². The highest BCUT2D eigenvalue weighted by Crippen LogP contribution is 2.28. The molecule has 0 unspecified atom stereocenters. The molecular weight excluding hydrogens is 258 g/mol. The van der Waals surface area contributed by atoms with Crippen molar-refractivity contribution < 1.29 is 0 Å². The first-order valence-electron chi connectivity index (χ1n) is 7.05. The molecule has 0 atom stereocenters. The number of aromatic nitrogens is 2. The normalized spacial score (nSPS) is 15.6. The van der Waals surface area contributed by atoms with Gasteiger partial charge in [-0.2, -0.15) is 0 Å². The average Bonchev–Trinajstić information content (AvgIpc) is 3.08. The number of imidazole rings is 1. The third-order valence-corrected chi connectivity index (χ3v) is 3.91. The predicted molar refractivity (Wildman–Crippen MR) is 79.9 cm³/mol. The molecule has 4 heteroatoms. The SMILES string of the molecule is CC(C)n1c(CCNC2CC2)nc2cccc(Cl)c21. The Labute approximate surface area is 119 Å². The lowest BCUT2D eigenvalue weighted by molar-refractivity contribution is 0.568. The Morgan fingerprint density at radius 3 is 2.89 bits per heavy atom. The van der Waals surface area contributed by atoms with Crippen LogP contribution in [0.25, 0.3) is 11.0 Å². The zero-order valence-corrected chi connectivity index (χ0v) is 12.2. The minimum absolute atomic E-state index is 0.376. The first-order chi connectivity index (χ1) is 9.16. The van der Waals surface area contributed by atoms with Crippen molar-refractivity contribution in [2.24, 2.45) is 0 Å². The lowest BCUT2D eigenvalue weighted by Gasteiger charge is -2.14. The highest BCUT2D eigenvalue weighted by Gasteiger charge is 2.21. The van der Waals surface area contributed by atoms with Gasteiger partial charge in [-0.05, 0) is 38.8 Å². The van der Waals surface area contributed by atoms with Gasteiger partial charge < -0.3 is 9.88 Å². The summed E-state index contributed by atoms with van der Waals surface area (Å²) in [5, 5.41) is 4.34. The van der Waals surface area contributed by atoms with Crippen molar-refractivity contribution in [1.82, 2.24) is 14.9 Å². The predicted octanol–water partition coefficient (Wildman–Crippen LogP) is 3.57. The van der Waals surface area contributed by atoms with Crippen molar-refractivity contribution in [1.29, 1.82) is 0 Å². The quantitative estimate of drug-likeness (QED) is 0.906. The van der Waals surface area contributed by atoms with Gasteiger partial charge in [-0.25, -0.2) is 4.98 Å². The molecule has 0 radical (unpaired) electrons. The fourth-order valence-corrected chi connectivity index (χ4v) is 2.82. The Morgan fingerprint density at radius 1 is 1.42 bits per heavy atom. The maximum Gasteiger partial charge on any atom is 0.111 e. The van der Waals surface area contributed by atoms with Gasteiger partial charge in [-0.3, -0.25) is 0 Å². The molecule has 102 valence electrons. The summed E-state index contributed by atoms with van der Waals surface area (Å²) >= 11 is 6.34. The van der Waals surface area contributed by atoms with E-state index in [2.05, 4.69) is 23.7 Å². The number of halogens is 1. The van der Waals surface area contributed by atoms with Gasteiger partial charge in [0.15, 0.2) is 0 Å². The molecule has 0 amide bonds. The maximum atomic E-state index is 6.34. The van der Waals surface area contributed by atoms with Crippen molar-refractivity contribution in [2.75, 3.05) is 6.54 Å². The van der Waals surface area contributed by atoms with Crippen LogP contribution in [-0.4, -0.2) is 22.1 Å². The van der Waals surface area contributed by atoms with Crippen molar-refractivity contribution >= 4 is 22.6 Å². The molecule has 0 saturated heterocycles. The molecule has 1 aromatic heterocycles. The molecule has 0 aliphatic heterocycles. The monoisotopic (exact) mass is 277 g/mol. The molecule has 0 bridgehead atoms. The van der Waals surface area contributed by atoms with Gasteiger partial charge in [0.25, 0.3) is 0 Å². The molecule has 1 aliphatic carbocycles. The van der Waals surface area contributed by atoms with E-state index in [9.17, 15) is 0 Å². The second kappa shape index (κ2) is 5.14. The number of hydrogen-bond donors (Lipinski definition) is 1. The number of rotatable bonds is 5. The Balaban J connectivity index is 1.92. The first kappa shape index (κ1) is 12.9. The zero-order chi connectivity index (χ0) is 13.4. The molecular formula is C15H20ClN3. The fraction of sp³-hybridized carbons (Fsp3) is 0.533. The fourth-order valence-electron chi connectivity index (χ4n) is 2.56. The van der Waals surface area contributed by atoms with Crippen LogP contribution in [-0.2, 0) is 6.42 Å². The van der Waals surface area contributed by atoms with Gasteiger partial charge in [0.2, 0.25) is 0 Å². The van der Waals surface area contributed by atoms with Crippen LogP contribution in [0.15, 0.2) is 18.2 Å². The molecule has 2 aromatic rings. The van der Waals surface area contributed by atoms with E-state index in [0.717, 1.165) is 40.9 Å². The Kier molecular flexibility index (Phi) is 3.50. The summed E-state index contributed by atoms with van der Waals surface area (Å²) in [5.41, 5.74) is 2.07. The summed E-state index contributed by atoms with van der Waals surface area (Å²) in [5.74, 6) is 1.13. The summed E-state index contributed by atoms with van der Waals surface area (Å²) in [4.78, 5) is 4.75. The number of nitrogens with one attached hydrogen (secondary N) is 1. The van der Waals surface area contributed by atoms with Crippen molar-refractivity contribution in [2.45, 2.75) is 45.2 Å². The second-order valence-corrected chi connectivity index (χ2v) is 5.98. The van der Waals surface area contributed by atoms with E-state index in [1.165, 1.54) is 12.8 Å². The van der Waals surface area contributed by atoms with Crippen LogP contribution in [0, 0.1) is 0 Å². The lowest BCUT2D eigenvalue weighted by atomic mass is 10.3. The van der Waals surface area contributed by atoms with Gasteiger partial charge in [0.05, 0.1) is 16.1 Å². The lowest BCUT2D eigenvalue weighted by Crippen LogP contribution is -2.21. The van der Waals surface area contributed by atoms with E-state index in [0.29, 0.717) is 6.04 Å². The molecule has 19 heavy (non-hydrogen) atoms. The molecule has 1 fully saturated rings. The molecule has 1 aliphatic rings. The van der Waals surface area contributed by atoms with Crippen LogP contribution in [0.4, 0.5) is 0 Å². The van der Waals surface area contributed by atoms with Crippen LogP contribution < -0.4 is 5.32 Å². The Morgan fingerprint density at radius 2 is 2.21 bits per heavy atom. The van der Waals surface area contributed by atoms with Gasteiger partial charge in [0, 0.05) is 25.0 Å². The number of nitrogens with zero attached hydrogens (tertiary/aromatic N) is 2. The van der Waals surface area contributed by atoms with Crippen LogP contribution in [0.5, 0.6) is 0 Å². The van der Waals surface area contributed by atoms with Gasteiger partial charge >= 0.3 is 0 Å². The van der Waals surface area contributed by atoms with Crippen LogP contribution in [0.2, 0.25) is 5.02 Å². The van der Waals surface area contributed by atoms with Gasteiger partial charge in [0.1, 0.15) is 5.82 Å². The number of benzene rings is 1. The van der Waals surface area contributed by atoms with E-state index >= 15 is 0 Å². The summed E-state index contributed by atoms with van der Waals surface area (Å²) in [7, 11) is 0. The molecule has 3 nitrogen and oxygen atoms in total. The highest BCUT2D eigenvalue weighted by atomic mass is 35.5. The molecule has 3 rings (SSSR count). The third-order valence-electron chi connectivity index (χ3n) is 3.61. The molecule has 1 aromatic carbocycles. The van der Waals surface area contributed by atoms with E-state index < -0.39 is 0 Å². The third kappa shape index (κ3) is 2.63. The zero-order valence-electron chi connectivity index (χ0n) is 11.5. The number of para-hydroxylation sites is 1. The molecule has 1 heterocycles. The summed E-state index contributed by atoms with van der Waals surface area (Å²) in [6, 6.07) is 7.07. The topological polar surface area (TPSA) is 29.9 Å². The molecule has 1 saturated carbocycles. The van der Waals surface area contributed by atoms with E-state index in [1.54, 1.807) is 0 Å². The summed E-state index contributed by atoms with van der Waals surface area (Å²) in [6.45, 7) is 5.36. The summed E-state index contributed by atoms with van der Waals surface area (Å²) in [6.07, 6.45) is 3.61. The smallest absolute Gasteiger partial charge is 0.111 e. The van der Waals surface area contributed by atoms with E-state index in [-0.39, 0.29) is 0 Å². The standard InChI is InChI=1S/C15H20ClN3/c1-10(2)19-14(8-9-17-11-6-7-11)18-13-5-3-4-12(16)15(13)19/h3-5,10-11,17H,6-9H2,1-2H3. The number of fused-ring (bicyclic) bond motifs is 1. The van der Waals surface area contributed by atoms with Crippen LogP contribution >= 0.6 is 11.6 Å². The minimum Gasteiger partial charge on any atom is -0.324 e.